The SMILES string of the molecule is CCc1cc(CC)cc(CN2CCN(c3ccc(-c4cn(C)c5ncnc(N)c45)c(F)c3)C2=O)c1. The van der Waals surface area contributed by atoms with Gasteiger partial charge in [0.15, 0.2) is 0 Å². The van der Waals surface area contributed by atoms with Crippen LogP contribution in [0.15, 0.2) is 48.9 Å². The van der Waals surface area contributed by atoms with E-state index in [4.69, 9.17) is 5.73 Å². The molecule has 0 bridgehead atoms. The van der Waals surface area contributed by atoms with Gasteiger partial charge in [-0.05, 0) is 47.7 Å². The van der Waals surface area contributed by atoms with Gasteiger partial charge in [-0.25, -0.2) is 19.2 Å². The number of hydrogen-bond donors (Lipinski definition) is 1. The Hall–Kier alpha value is -3.94. The molecule has 7 nitrogen and oxygen atoms in total. The van der Waals surface area contributed by atoms with Gasteiger partial charge in [-0.15, -0.1) is 0 Å². The molecule has 0 aliphatic carbocycles. The summed E-state index contributed by atoms with van der Waals surface area (Å²) >= 11 is 0. The molecule has 5 rings (SSSR count). The van der Waals surface area contributed by atoms with E-state index in [1.165, 1.54) is 23.5 Å². The lowest BCUT2D eigenvalue weighted by atomic mass is 10.0. The van der Waals surface area contributed by atoms with Gasteiger partial charge in [-0.3, -0.25) is 4.90 Å². The van der Waals surface area contributed by atoms with E-state index in [1.54, 1.807) is 27.8 Å². The Bertz CT molecular complexity index is 1410. The zero-order chi connectivity index (χ0) is 24.7. The zero-order valence-corrected chi connectivity index (χ0v) is 20.3. The van der Waals surface area contributed by atoms with Crippen molar-refractivity contribution in [2.45, 2.75) is 33.2 Å². The molecule has 0 atom stereocenters. The second kappa shape index (κ2) is 9.02. The van der Waals surface area contributed by atoms with Crippen molar-refractivity contribution in [1.29, 1.82) is 0 Å². The molecule has 1 fully saturated rings. The number of nitrogens with two attached hydrogens (primary N) is 1. The molecule has 1 aliphatic rings. The number of nitrogens with zero attached hydrogens (tertiary/aromatic N) is 5. The maximum atomic E-state index is 15.4. The molecule has 8 heteroatoms. The number of urea groups is 1. The first kappa shape index (κ1) is 22.8. The van der Waals surface area contributed by atoms with Gasteiger partial charge in [0, 0.05) is 49.7 Å². The number of aromatic nitrogens is 3. The lowest BCUT2D eigenvalue weighted by Crippen LogP contribution is -2.31. The molecule has 2 aromatic carbocycles. The third kappa shape index (κ3) is 4.09. The van der Waals surface area contributed by atoms with Crippen molar-refractivity contribution < 1.29 is 9.18 Å². The molecule has 0 unspecified atom stereocenters. The van der Waals surface area contributed by atoms with Crippen LogP contribution < -0.4 is 10.6 Å². The Labute approximate surface area is 204 Å². The van der Waals surface area contributed by atoms with Gasteiger partial charge in [0.2, 0.25) is 0 Å². The lowest BCUT2D eigenvalue weighted by molar-refractivity contribution is 0.218. The van der Waals surface area contributed by atoms with Gasteiger partial charge >= 0.3 is 6.03 Å². The number of benzene rings is 2. The van der Waals surface area contributed by atoms with Crippen molar-refractivity contribution in [1.82, 2.24) is 19.4 Å². The first-order valence-corrected chi connectivity index (χ1v) is 11.9. The van der Waals surface area contributed by atoms with Crippen LogP contribution in [0.3, 0.4) is 0 Å². The maximum absolute atomic E-state index is 15.4. The molecule has 1 saturated heterocycles. The number of rotatable bonds is 6. The number of nitrogen functional groups attached to an aromatic ring is 1. The monoisotopic (exact) mass is 472 g/mol. The predicted molar refractivity (Wildman–Crippen MR) is 137 cm³/mol. The first-order chi connectivity index (χ1) is 16.9. The number of carbonyl (C=O) groups is 1. The third-order valence-electron chi connectivity index (χ3n) is 6.73. The number of amides is 2. The Morgan fingerprint density at radius 3 is 2.37 bits per heavy atom. The topological polar surface area (TPSA) is 80.3 Å². The molecule has 0 radical (unpaired) electrons. The fraction of sp³-hybridized carbons (Fsp3) is 0.296. The highest BCUT2D eigenvalue weighted by Crippen LogP contribution is 2.35. The van der Waals surface area contributed by atoms with Crippen LogP contribution in [0.1, 0.15) is 30.5 Å². The average Bonchev–Trinajstić information content (AvgIpc) is 3.39. The van der Waals surface area contributed by atoms with Gasteiger partial charge in [0.1, 0.15) is 23.6 Å². The van der Waals surface area contributed by atoms with E-state index in [2.05, 4.69) is 42.0 Å². The minimum absolute atomic E-state index is 0.111. The molecule has 3 heterocycles. The van der Waals surface area contributed by atoms with Crippen LogP contribution in [0.5, 0.6) is 0 Å². The average molecular weight is 473 g/mol. The predicted octanol–water partition coefficient (Wildman–Crippen LogP) is 4.92. The summed E-state index contributed by atoms with van der Waals surface area (Å²) in [5.41, 5.74) is 12.0. The number of fused-ring (bicyclic) bond motifs is 1. The van der Waals surface area contributed by atoms with Crippen molar-refractivity contribution in [2.75, 3.05) is 23.7 Å². The number of anilines is 2. The lowest BCUT2D eigenvalue weighted by Gasteiger charge is -2.20. The molecule has 1 aliphatic heterocycles. The Morgan fingerprint density at radius 1 is 0.971 bits per heavy atom. The third-order valence-corrected chi connectivity index (χ3v) is 6.73. The molecular formula is C27H29FN6O. The smallest absolute Gasteiger partial charge is 0.324 e. The summed E-state index contributed by atoms with van der Waals surface area (Å²) in [5, 5.41) is 0.617. The molecule has 180 valence electrons. The van der Waals surface area contributed by atoms with Crippen LogP contribution in [0.2, 0.25) is 0 Å². The van der Waals surface area contributed by atoms with Gasteiger partial charge in [-0.2, -0.15) is 0 Å². The Morgan fingerprint density at radius 2 is 1.69 bits per heavy atom. The largest absolute Gasteiger partial charge is 0.383 e. The number of carbonyl (C=O) groups excluding carboxylic acids is 1. The van der Waals surface area contributed by atoms with Crippen molar-refractivity contribution in [2.24, 2.45) is 7.05 Å². The Balaban J connectivity index is 1.40. The summed E-state index contributed by atoms with van der Waals surface area (Å²) in [7, 11) is 1.84. The summed E-state index contributed by atoms with van der Waals surface area (Å²) in [5.74, 6) is -0.120. The fourth-order valence-corrected chi connectivity index (χ4v) is 4.86. The number of halogens is 1. The highest BCUT2D eigenvalue weighted by atomic mass is 19.1. The molecule has 35 heavy (non-hydrogen) atoms. The van der Waals surface area contributed by atoms with Crippen molar-refractivity contribution >= 4 is 28.6 Å². The molecule has 2 N–H and O–H groups in total. The molecule has 2 aromatic heterocycles. The quantitative estimate of drug-likeness (QED) is 0.432. The van der Waals surface area contributed by atoms with Gasteiger partial charge in [0.05, 0.1) is 5.39 Å². The summed E-state index contributed by atoms with van der Waals surface area (Å²) in [6.45, 7) is 5.93. The Kier molecular flexibility index (Phi) is 5.88. The van der Waals surface area contributed by atoms with Crippen LogP contribution in [0.25, 0.3) is 22.2 Å². The van der Waals surface area contributed by atoms with Crippen LogP contribution in [-0.4, -0.2) is 38.6 Å². The van der Waals surface area contributed by atoms with Gasteiger partial charge in [-0.1, -0.05) is 32.0 Å². The number of aryl methyl sites for hydroxylation is 3. The second-order valence-corrected chi connectivity index (χ2v) is 9.00. The zero-order valence-electron chi connectivity index (χ0n) is 20.3. The van der Waals surface area contributed by atoms with Crippen molar-refractivity contribution in [3.8, 4) is 11.1 Å². The van der Waals surface area contributed by atoms with Gasteiger partial charge in [0.25, 0.3) is 0 Å². The second-order valence-electron chi connectivity index (χ2n) is 9.00. The summed E-state index contributed by atoms with van der Waals surface area (Å²) in [6.07, 6.45) is 5.11. The highest BCUT2D eigenvalue weighted by molar-refractivity contribution is 6.01. The van der Waals surface area contributed by atoms with E-state index in [-0.39, 0.29) is 6.03 Å². The van der Waals surface area contributed by atoms with Gasteiger partial charge < -0.3 is 15.2 Å². The normalized spacial score (nSPS) is 13.9. The number of hydrogen-bond acceptors (Lipinski definition) is 4. The van der Waals surface area contributed by atoms with Crippen LogP contribution in [0.4, 0.5) is 20.7 Å². The maximum Gasteiger partial charge on any atom is 0.324 e. The van der Waals surface area contributed by atoms with Crippen molar-refractivity contribution in [3.05, 3.63) is 71.4 Å². The van der Waals surface area contributed by atoms with Crippen LogP contribution in [0, 0.1) is 5.82 Å². The molecule has 0 saturated carbocycles. The minimum atomic E-state index is -0.423. The molecular weight excluding hydrogens is 443 g/mol. The highest BCUT2D eigenvalue weighted by Gasteiger charge is 2.30. The summed E-state index contributed by atoms with van der Waals surface area (Å²) in [6, 6.07) is 11.3. The molecule has 4 aromatic rings. The summed E-state index contributed by atoms with van der Waals surface area (Å²) < 4.78 is 17.2. The van der Waals surface area contributed by atoms with E-state index in [0.29, 0.717) is 53.3 Å². The van der Waals surface area contributed by atoms with Crippen LogP contribution in [-0.2, 0) is 26.4 Å². The standard InChI is InChI=1S/C27H29FN6O/c1-4-17-10-18(5-2)12-19(11-17)14-33-8-9-34(27(33)35)20-6-7-21(23(28)13-20)22-15-32(3)26-24(22)25(29)30-16-31-26/h6-7,10-13,15-16H,4-5,8-9,14H2,1-3H3,(H2,29,30,31). The van der Waals surface area contributed by atoms with E-state index in [9.17, 15) is 4.79 Å². The molecule has 2 amide bonds. The minimum Gasteiger partial charge on any atom is -0.383 e. The van der Waals surface area contributed by atoms with Crippen LogP contribution >= 0.6 is 0 Å². The van der Waals surface area contributed by atoms with Crippen molar-refractivity contribution in [3.63, 3.8) is 0 Å². The summed E-state index contributed by atoms with van der Waals surface area (Å²) in [4.78, 5) is 25.0. The van der Waals surface area contributed by atoms with E-state index in [0.717, 1.165) is 18.4 Å². The van der Waals surface area contributed by atoms with E-state index in [1.807, 2.05) is 11.9 Å². The fourth-order valence-electron chi connectivity index (χ4n) is 4.86. The molecule has 0 spiro atoms. The first-order valence-electron chi connectivity index (χ1n) is 11.9. The van der Waals surface area contributed by atoms with E-state index < -0.39 is 5.82 Å². The van der Waals surface area contributed by atoms with E-state index >= 15 is 4.39 Å².